The number of nitrogens with one attached hydrogen (secondary N) is 1. The number of thiazole rings is 1. The first-order valence-electron chi connectivity index (χ1n) is 6.45. The Balaban J connectivity index is 1.92. The molecule has 1 N–H and O–H groups in total. The van der Waals surface area contributed by atoms with Crippen LogP contribution in [0, 0.1) is 13.8 Å². The summed E-state index contributed by atoms with van der Waals surface area (Å²) >= 11 is 1.74. The summed E-state index contributed by atoms with van der Waals surface area (Å²) in [5.41, 5.74) is 4.03. The van der Waals surface area contributed by atoms with Gasteiger partial charge in [-0.05, 0) is 37.8 Å². The molecule has 0 amide bonds. The van der Waals surface area contributed by atoms with Crippen molar-refractivity contribution in [1.82, 2.24) is 4.98 Å². The summed E-state index contributed by atoms with van der Waals surface area (Å²) in [7, 11) is 0. The van der Waals surface area contributed by atoms with Gasteiger partial charge < -0.3 is 5.32 Å². The van der Waals surface area contributed by atoms with E-state index in [-0.39, 0.29) is 0 Å². The Kier molecular flexibility index (Phi) is 4.37. The van der Waals surface area contributed by atoms with E-state index in [2.05, 4.69) is 55.3 Å². The van der Waals surface area contributed by atoms with Gasteiger partial charge in [0.05, 0.1) is 5.69 Å². The average molecular weight is 260 g/mol. The third-order valence-electron chi connectivity index (χ3n) is 3.20. The summed E-state index contributed by atoms with van der Waals surface area (Å²) in [5.74, 6) is 0. The van der Waals surface area contributed by atoms with E-state index in [1.54, 1.807) is 11.3 Å². The SMILES string of the molecule is CCc1ccccc1CCNc1nc(C)c(C)s1. The molecule has 1 heterocycles. The van der Waals surface area contributed by atoms with Crippen molar-refractivity contribution in [3.63, 3.8) is 0 Å². The number of nitrogens with zero attached hydrogens (tertiary/aromatic N) is 1. The smallest absolute Gasteiger partial charge is 0.183 e. The lowest BCUT2D eigenvalue weighted by Crippen LogP contribution is -2.06. The van der Waals surface area contributed by atoms with Crippen LogP contribution >= 0.6 is 11.3 Å². The van der Waals surface area contributed by atoms with Crippen LogP contribution in [-0.4, -0.2) is 11.5 Å². The van der Waals surface area contributed by atoms with E-state index in [0.717, 1.165) is 30.2 Å². The van der Waals surface area contributed by atoms with Gasteiger partial charge in [-0.25, -0.2) is 4.98 Å². The molecule has 0 aliphatic heterocycles. The maximum Gasteiger partial charge on any atom is 0.183 e. The Labute approximate surface area is 113 Å². The van der Waals surface area contributed by atoms with Crippen molar-refractivity contribution >= 4 is 16.5 Å². The summed E-state index contributed by atoms with van der Waals surface area (Å²) in [6.45, 7) is 7.33. The van der Waals surface area contributed by atoms with Gasteiger partial charge in [-0.3, -0.25) is 0 Å². The number of hydrogen-bond acceptors (Lipinski definition) is 3. The number of aryl methyl sites for hydroxylation is 3. The highest BCUT2D eigenvalue weighted by Gasteiger charge is 2.03. The molecule has 0 saturated carbocycles. The number of hydrogen-bond donors (Lipinski definition) is 1. The van der Waals surface area contributed by atoms with Gasteiger partial charge in [-0.15, -0.1) is 11.3 Å². The second-order valence-electron chi connectivity index (χ2n) is 4.46. The van der Waals surface area contributed by atoms with Crippen LogP contribution < -0.4 is 5.32 Å². The summed E-state index contributed by atoms with van der Waals surface area (Å²) in [5, 5.41) is 4.45. The molecule has 0 fully saturated rings. The standard InChI is InChI=1S/C15H20N2S/c1-4-13-7-5-6-8-14(13)9-10-16-15-17-11(2)12(3)18-15/h5-8H,4,9-10H2,1-3H3,(H,16,17). The van der Waals surface area contributed by atoms with E-state index in [0.29, 0.717) is 0 Å². The maximum atomic E-state index is 4.49. The van der Waals surface area contributed by atoms with Crippen LogP contribution in [0.2, 0.25) is 0 Å². The molecule has 0 unspecified atom stereocenters. The summed E-state index contributed by atoms with van der Waals surface area (Å²) in [6.07, 6.45) is 2.16. The number of benzene rings is 1. The zero-order chi connectivity index (χ0) is 13.0. The minimum atomic E-state index is 0.948. The Morgan fingerprint density at radius 3 is 2.50 bits per heavy atom. The lowest BCUT2D eigenvalue weighted by atomic mass is 10.0. The molecule has 2 rings (SSSR count). The molecule has 0 spiro atoms. The molecule has 96 valence electrons. The van der Waals surface area contributed by atoms with Gasteiger partial charge in [0.2, 0.25) is 0 Å². The van der Waals surface area contributed by atoms with Crippen LogP contribution in [-0.2, 0) is 12.8 Å². The van der Waals surface area contributed by atoms with Crippen molar-refractivity contribution in [3.05, 3.63) is 46.0 Å². The molecule has 1 aromatic heterocycles. The summed E-state index contributed by atoms with van der Waals surface area (Å²) < 4.78 is 0. The van der Waals surface area contributed by atoms with Crippen LogP contribution in [0.4, 0.5) is 5.13 Å². The third kappa shape index (κ3) is 3.10. The lowest BCUT2D eigenvalue weighted by Gasteiger charge is -2.07. The van der Waals surface area contributed by atoms with Gasteiger partial charge in [0.25, 0.3) is 0 Å². The second kappa shape index (κ2) is 6.01. The molecular formula is C15H20N2S. The van der Waals surface area contributed by atoms with Gasteiger partial charge >= 0.3 is 0 Å². The largest absolute Gasteiger partial charge is 0.361 e. The van der Waals surface area contributed by atoms with E-state index in [1.807, 2.05) is 0 Å². The van der Waals surface area contributed by atoms with E-state index < -0.39 is 0 Å². The van der Waals surface area contributed by atoms with Crippen LogP contribution in [0.25, 0.3) is 0 Å². The zero-order valence-electron chi connectivity index (χ0n) is 11.3. The van der Waals surface area contributed by atoms with E-state index in [1.165, 1.54) is 16.0 Å². The van der Waals surface area contributed by atoms with E-state index in [4.69, 9.17) is 0 Å². The van der Waals surface area contributed by atoms with Gasteiger partial charge in [-0.2, -0.15) is 0 Å². The highest BCUT2D eigenvalue weighted by Crippen LogP contribution is 2.21. The van der Waals surface area contributed by atoms with E-state index in [9.17, 15) is 0 Å². The topological polar surface area (TPSA) is 24.9 Å². The Morgan fingerprint density at radius 1 is 1.17 bits per heavy atom. The molecule has 18 heavy (non-hydrogen) atoms. The predicted octanol–water partition coefficient (Wildman–Crippen LogP) is 3.98. The van der Waals surface area contributed by atoms with Crippen molar-refractivity contribution < 1.29 is 0 Å². The van der Waals surface area contributed by atoms with Gasteiger partial charge in [0, 0.05) is 11.4 Å². The Hall–Kier alpha value is -1.35. The van der Waals surface area contributed by atoms with Crippen LogP contribution in [0.5, 0.6) is 0 Å². The molecular weight excluding hydrogens is 240 g/mol. The quantitative estimate of drug-likeness (QED) is 0.879. The lowest BCUT2D eigenvalue weighted by molar-refractivity contribution is 0.972. The summed E-state index contributed by atoms with van der Waals surface area (Å²) in [4.78, 5) is 5.79. The normalized spacial score (nSPS) is 10.6. The van der Waals surface area contributed by atoms with E-state index >= 15 is 0 Å². The third-order valence-corrected chi connectivity index (χ3v) is 4.23. The molecule has 0 radical (unpaired) electrons. The Morgan fingerprint density at radius 2 is 1.89 bits per heavy atom. The van der Waals surface area contributed by atoms with Gasteiger partial charge in [0.15, 0.2) is 5.13 Å². The molecule has 0 bridgehead atoms. The number of anilines is 1. The van der Waals surface area contributed by atoms with Gasteiger partial charge in [0.1, 0.15) is 0 Å². The van der Waals surface area contributed by atoms with Crippen molar-refractivity contribution in [2.75, 3.05) is 11.9 Å². The first kappa shape index (κ1) is 13.1. The average Bonchev–Trinajstić information content (AvgIpc) is 2.69. The van der Waals surface area contributed by atoms with Gasteiger partial charge in [-0.1, -0.05) is 31.2 Å². The molecule has 0 atom stereocenters. The Bertz CT molecular complexity index is 497. The predicted molar refractivity (Wildman–Crippen MR) is 79.6 cm³/mol. The van der Waals surface area contributed by atoms with Crippen LogP contribution in [0.15, 0.2) is 24.3 Å². The van der Waals surface area contributed by atoms with Crippen molar-refractivity contribution in [2.24, 2.45) is 0 Å². The minimum Gasteiger partial charge on any atom is -0.361 e. The fourth-order valence-electron chi connectivity index (χ4n) is 2.00. The molecule has 1 aromatic carbocycles. The monoisotopic (exact) mass is 260 g/mol. The highest BCUT2D eigenvalue weighted by atomic mass is 32.1. The number of rotatable bonds is 5. The van der Waals surface area contributed by atoms with Crippen molar-refractivity contribution in [1.29, 1.82) is 0 Å². The molecule has 2 nitrogen and oxygen atoms in total. The first-order valence-corrected chi connectivity index (χ1v) is 7.27. The summed E-state index contributed by atoms with van der Waals surface area (Å²) in [6, 6.07) is 8.67. The molecule has 3 heteroatoms. The zero-order valence-corrected chi connectivity index (χ0v) is 12.1. The van der Waals surface area contributed by atoms with Crippen LogP contribution in [0.1, 0.15) is 28.6 Å². The second-order valence-corrected chi connectivity index (χ2v) is 5.66. The first-order chi connectivity index (χ1) is 8.70. The van der Waals surface area contributed by atoms with Crippen molar-refractivity contribution in [2.45, 2.75) is 33.6 Å². The minimum absolute atomic E-state index is 0.948. The maximum absolute atomic E-state index is 4.49. The number of aromatic nitrogens is 1. The molecule has 0 saturated heterocycles. The highest BCUT2D eigenvalue weighted by molar-refractivity contribution is 7.15. The molecule has 0 aliphatic rings. The van der Waals surface area contributed by atoms with Crippen LogP contribution in [0.3, 0.4) is 0 Å². The molecule has 2 aromatic rings. The molecule has 0 aliphatic carbocycles. The fourth-order valence-corrected chi connectivity index (χ4v) is 2.84. The van der Waals surface area contributed by atoms with Crippen molar-refractivity contribution in [3.8, 4) is 0 Å². The fraction of sp³-hybridized carbons (Fsp3) is 0.400.